The van der Waals surface area contributed by atoms with Crippen molar-refractivity contribution in [3.05, 3.63) is 35.4 Å². The van der Waals surface area contributed by atoms with Gasteiger partial charge in [0.05, 0.1) is 4.86 Å². The first-order valence-corrected chi connectivity index (χ1v) is 6.10. The summed E-state index contributed by atoms with van der Waals surface area (Å²) in [7, 11) is 1.80. The summed E-state index contributed by atoms with van der Waals surface area (Å²) in [4.78, 5) is 2.47. The fraction of sp³-hybridized carbons (Fsp3) is 0.250. The summed E-state index contributed by atoms with van der Waals surface area (Å²) in [5.41, 5.74) is 2.86. The average Bonchev–Trinajstić information content (AvgIpc) is 2.27. The molecule has 0 aromatic heterocycles. The monoisotopic (exact) mass is 235 g/mol. The van der Waals surface area contributed by atoms with Crippen LogP contribution in [0, 0.1) is 0 Å². The molecule has 16 heavy (non-hydrogen) atoms. The summed E-state index contributed by atoms with van der Waals surface area (Å²) in [6.07, 6.45) is 4.34. The van der Waals surface area contributed by atoms with Crippen LogP contribution in [0.5, 0.6) is 0 Å². The van der Waals surface area contributed by atoms with Gasteiger partial charge in [0.15, 0.2) is 0 Å². The Balaban J connectivity index is 2.64. The van der Waals surface area contributed by atoms with E-state index in [0.717, 1.165) is 16.8 Å². The molecule has 0 aliphatic heterocycles. The molecule has 1 aromatic rings. The number of hydrogen-bond acceptors (Lipinski definition) is 3. The van der Waals surface area contributed by atoms with Crippen LogP contribution in [0.1, 0.15) is 17.5 Å². The lowest BCUT2D eigenvalue weighted by Crippen LogP contribution is -2.11. The fourth-order valence-electron chi connectivity index (χ4n) is 1.78. The predicted molar refractivity (Wildman–Crippen MR) is 67.4 cm³/mol. The van der Waals surface area contributed by atoms with E-state index < -0.39 is 10.3 Å². The summed E-state index contributed by atoms with van der Waals surface area (Å²) in [6.45, 7) is 0. The van der Waals surface area contributed by atoms with Gasteiger partial charge in [-0.3, -0.25) is 0 Å². The molecule has 0 saturated heterocycles. The van der Waals surface area contributed by atoms with Crippen molar-refractivity contribution in [2.24, 2.45) is 0 Å². The molecule has 1 aromatic carbocycles. The highest BCUT2D eigenvalue weighted by molar-refractivity contribution is 7.73. The van der Waals surface area contributed by atoms with E-state index in [2.05, 4.69) is 0 Å². The lowest BCUT2D eigenvalue weighted by molar-refractivity contribution is 0.627. The Morgan fingerprint density at radius 2 is 2.00 bits per heavy atom. The topological polar surface area (TPSA) is 37.4 Å². The van der Waals surface area contributed by atoms with Crippen LogP contribution < -0.4 is 4.90 Å². The highest BCUT2D eigenvalue weighted by Crippen LogP contribution is 2.24. The minimum Gasteiger partial charge on any atom is -0.378 e. The van der Waals surface area contributed by atoms with Gasteiger partial charge in [-0.15, -0.1) is 0 Å². The van der Waals surface area contributed by atoms with E-state index in [-0.39, 0.29) is 0 Å². The van der Waals surface area contributed by atoms with E-state index >= 15 is 0 Å². The van der Waals surface area contributed by atoms with E-state index in [9.17, 15) is 8.42 Å². The molecule has 0 unspecified atom stereocenters. The van der Waals surface area contributed by atoms with Crippen LogP contribution in [0.2, 0.25) is 0 Å². The maximum Gasteiger partial charge on any atom is 0.218 e. The van der Waals surface area contributed by atoms with Gasteiger partial charge in [-0.05, 0) is 17.7 Å². The lowest BCUT2D eigenvalue weighted by Gasteiger charge is -2.17. The van der Waals surface area contributed by atoms with Gasteiger partial charge in [0.2, 0.25) is 10.3 Å². The van der Waals surface area contributed by atoms with E-state index in [1.54, 1.807) is 0 Å². The van der Waals surface area contributed by atoms with Gasteiger partial charge >= 0.3 is 0 Å². The summed E-state index contributed by atoms with van der Waals surface area (Å²) >= 11 is 0. The standard InChI is InChI=1S/C12H13NO2S/c1-13(2)10-6-7-11-9(8-10)4-3-5-12(11)16(14)15/h3-4,6-8H,5H2,1-2H3. The third-order valence-electron chi connectivity index (χ3n) is 2.65. The number of rotatable bonds is 1. The number of fused-ring (bicyclic) bond motifs is 1. The Labute approximate surface area is 96.5 Å². The summed E-state index contributed by atoms with van der Waals surface area (Å²) in [5, 5.41) is 0. The summed E-state index contributed by atoms with van der Waals surface area (Å²) in [6, 6.07) is 5.81. The molecule has 0 radical (unpaired) electrons. The van der Waals surface area contributed by atoms with Crippen molar-refractivity contribution in [3.63, 3.8) is 0 Å². The second-order valence-electron chi connectivity index (χ2n) is 3.93. The lowest BCUT2D eigenvalue weighted by atomic mass is 9.96. The molecule has 3 nitrogen and oxygen atoms in total. The molecule has 0 fully saturated rings. The molecule has 2 rings (SSSR count). The molecule has 0 saturated carbocycles. The second-order valence-corrected chi connectivity index (χ2v) is 4.89. The Bertz CT molecular complexity index is 575. The smallest absolute Gasteiger partial charge is 0.218 e. The normalized spacial score (nSPS) is 13.5. The number of nitrogens with zero attached hydrogens (tertiary/aromatic N) is 1. The summed E-state index contributed by atoms with van der Waals surface area (Å²) in [5.74, 6) is 0. The van der Waals surface area contributed by atoms with E-state index in [0.29, 0.717) is 11.3 Å². The third-order valence-corrected chi connectivity index (χ3v) is 3.44. The van der Waals surface area contributed by atoms with Gasteiger partial charge in [-0.1, -0.05) is 18.2 Å². The number of allylic oxidation sites excluding steroid dienone is 1. The van der Waals surface area contributed by atoms with Crippen molar-refractivity contribution in [3.8, 4) is 0 Å². The molecule has 0 spiro atoms. The largest absolute Gasteiger partial charge is 0.378 e. The van der Waals surface area contributed by atoms with E-state index in [1.807, 2.05) is 49.3 Å². The van der Waals surface area contributed by atoms with Crippen molar-refractivity contribution in [2.45, 2.75) is 6.42 Å². The van der Waals surface area contributed by atoms with Crippen molar-refractivity contribution < 1.29 is 8.42 Å². The molecule has 0 atom stereocenters. The number of benzene rings is 1. The Hall–Kier alpha value is -1.55. The SMILES string of the molecule is CN(C)c1ccc2c(c1)C=CCC2=S(=O)=O. The van der Waals surface area contributed by atoms with E-state index in [1.165, 1.54) is 0 Å². The van der Waals surface area contributed by atoms with Crippen LogP contribution in [0.4, 0.5) is 5.69 Å². The molecule has 0 heterocycles. The predicted octanol–water partition coefficient (Wildman–Crippen LogP) is 1.57. The first-order valence-electron chi connectivity index (χ1n) is 5.03. The van der Waals surface area contributed by atoms with Crippen LogP contribution in [0.3, 0.4) is 0 Å². The molecular formula is C12H13NO2S. The van der Waals surface area contributed by atoms with Crippen LogP contribution in [-0.2, 0) is 10.3 Å². The molecular weight excluding hydrogens is 222 g/mol. The Morgan fingerprint density at radius 3 is 2.62 bits per heavy atom. The van der Waals surface area contributed by atoms with Crippen molar-refractivity contribution in [1.82, 2.24) is 0 Å². The van der Waals surface area contributed by atoms with Crippen LogP contribution in [0.15, 0.2) is 24.3 Å². The van der Waals surface area contributed by atoms with Gasteiger partial charge in [-0.25, -0.2) is 0 Å². The second kappa shape index (κ2) is 4.14. The average molecular weight is 235 g/mol. The zero-order chi connectivity index (χ0) is 11.7. The zero-order valence-electron chi connectivity index (χ0n) is 9.27. The Kier molecular flexibility index (Phi) is 2.83. The first kappa shape index (κ1) is 11.0. The van der Waals surface area contributed by atoms with Crippen molar-refractivity contribution >= 4 is 26.9 Å². The van der Waals surface area contributed by atoms with Crippen LogP contribution >= 0.6 is 0 Å². The van der Waals surface area contributed by atoms with Crippen molar-refractivity contribution in [2.75, 3.05) is 19.0 Å². The zero-order valence-corrected chi connectivity index (χ0v) is 10.1. The molecule has 0 N–H and O–H groups in total. The number of anilines is 1. The summed E-state index contributed by atoms with van der Waals surface area (Å²) < 4.78 is 22.1. The van der Waals surface area contributed by atoms with Crippen molar-refractivity contribution in [1.29, 1.82) is 0 Å². The van der Waals surface area contributed by atoms with Crippen LogP contribution in [0.25, 0.3) is 6.08 Å². The highest BCUT2D eigenvalue weighted by Gasteiger charge is 2.13. The number of hydrogen-bond donors (Lipinski definition) is 0. The third kappa shape index (κ3) is 1.88. The van der Waals surface area contributed by atoms with Gasteiger partial charge < -0.3 is 4.90 Å². The molecule has 4 heteroatoms. The molecule has 0 amide bonds. The minimum absolute atomic E-state index is 0.475. The van der Waals surface area contributed by atoms with Gasteiger partial charge in [0.25, 0.3) is 0 Å². The van der Waals surface area contributed by atoms with Gasteiger partial charge in [0.1, 0.15) is 0 Å². The van der Waals surface area contributed by atoms with Gasteiger partial charge in [0, 0.05) is 31.8 Å². The maximum absolute atomic E-state index is 11.1. The van der Waals surface area contributed by atoms with Crippen LogP contribution in [-0.4, -0.2) is 27.4 Å². The highest BCUT2D eigenvalue weighted by atomic mass is 32.2. The Morgan fingerprint density at radius 1 is 1.25 bits per heavy atom. The van der Waals surface area contributed by atoms with E-state index in [4.69, 9.17) is 0 Å². The minimum atomic E-state index is -2.13. The maximum atomic E-state index is 11.1. The quantitative estimate of drug-likeness (QED) is 0.693. The fourth-order valence-corrected chi connectivity index (χ4v) is 2.38. The first-order chi connectivity index (χ1) is 7.59. The molecule has 1 aliphatic carbocycles. The van der Waals surface area contributed by atoms with Gasteiger partial charge in [-0.2, -0.15) is 8.42 Å². The molecule has 1 aliphatic rings. The molecule has 84 valence electrons. The molecule has 0 bridgehead atoms.